The molecule has 1 amide bonds. The van der Waals surface area contributed by atoms with Gasteiger partial charge in [0.05, 0.1) is 33.8 Å². The van der Waals surface area contributed by atoms with Crippen LogP contribution in [0.15, 0.2) is 35.7 Å². The number of carbonyl (C=O) groups is 2. The SMILES string of the molecule is COC(=O)C[C@@H](NC(=O)c1cc(OC)cc(OC)c1)c1cccs1. The number of hydrogen-bond donors (Lipinski definition) is 1. The first-order valence-corrected chi connectivity index (χ1v) is 8.09. The average molecular weight is 349 g/mol. The molecule has 128 valence electrons. The molecule has 24 heavy (non-hydrogen) atoms. The van der Waals surface area contributed by atoms with Gasteiger partial charge in [0.15, 0.2) is 0 Å². The van der Waals surface area contributed by atoms with E-state index in [9.17, 15) is 9.59 Å². The lowest BCUT2D eigenvalue weighted by Crippen LogP contribution is -2.30. The normalized spacial score (nSPS) is 11.5. The zero-order valence-electron chi connectivity index (χ0n) is 13.7. The Labute approximate surface area is 144 Å². The quantitative estimate of drug-likeness (QED) is 0.778. The second-order valence-electron chi connectivity index (χ2n) is 4.92. The number of amides is 1. The molecule has 2 rings (SSSR count). The molecule has 1 heterocycles. The molecule has 0 fully saturated rings. The van der Waals surface area contributed by atoms with E-state index in [1.54, 1.807) is 18.2 Å². The maximum absolute atomic E-state index is 12.6. The monoisotopic (exact) mass is 349 g/mol. The van der Waals surface area contributed by atoms with Gasteiger partial charge in [-0.25, -0.2) is 0 Å². The summed E-state index contributed by atoms with van der Waals surface area (Å²) in [6.07, 6.45) is 0.0594. The molecule has 1 aromatic heterocycles. The average Bonchev–Trinajstić information content (AvgIpc) is 3.14. The first kappa shape index (κ1) is 17.8. The fourth-order valence-corrected chi connectivity index (χ4v) is 2.92. The molecule has 0 bridgehead atoms. The van der Waals surface area contributed by atoms with Crippen molar-refractivity contribution in [2.45, 2.75) is 12.5 Å². The Bertz CT molecular complexity index is 677. The third-order valence-corrected chi connectivity index (χ3v) is 4.39. The second kappa shape index (κ2) is 8.35. The number of ether oxygens (including phenoxy) is 3. The van der Waals surface area contributed by atoms with Gasteiger partial charge in [-0.05, 0) is 23.6 Å². The van der Waals surface area contributed by atoms with Crippen molar-refractivity contribution in [1.82, 2.24) is 5.32 Å². The van der Waals surface area contributed by atoms with Crippen molar-refractivity contribution >= 4 is 23.2 Å². The smallest absolute Gasteiger partial charge is 0.307 e. The fourth-order valence-electron chi connectivity index (χ4n) is 2.14. The third-order valence-electron chi connectivity index (χ3n) is 3.40. The lowest BCUT2D eigenvalue weighted by molar-refractivity contribution is -0.141. The van der Waals surface area contributed by atoms with Gasteiger partial charge in [-0.1, -0.05) is 6.07 Å². The molecule has 0 spiro atoms. The molecule has 7 heteroatoms. The lowest BCUT2D eigenvalue weighted by Gasteiger charge is -2.17. The van der Waals surface area contributed by atoms with Gasteiger partial charge in [0.2, 0.25) is 0 Å². The molecule has 1 aromatic carbocycles. The summed E-state index contributed by atoms with van der Waals surface area (Å²) in [6.45, 7) is 0. The van der Waals surface area contributed by atoms with Crippen LogP contribution in [0.5, 0.6) is 11.5 Å². The van der Waals surface area contributed by atoms with Crippen LogP contribution < -0.4 is 14.8 Å². The van der Waals surface area contributed by atoms with E-state index in [4.69, 9.17) is 14.2 Å². The number of methoxy groups -OCH3 is 3. The van der Waals surface area contributed by atoms with E-state index in [1.165, 1.54) is 32.7 Å². The van der Waals surface area contributed by atoms with Crippen LogP contribution in [0.25, 0.3) is 0 Å². The van der Waals surface area contributed by atoms with Crippen LogP contribution in [-0.2, 0) is 9.53 Å². The Morgan fingerprint density at radius 1 is 1.12 bits per heavy atom. The van der Waals surface area contributed by atoms with Gasteiger partial charge in [0, 0.05) is 16.5 Å². The van der Waals surface area contributed by atoms with Crippen LogP contribution in [0.4, 0.5) is 0 Å². The van der Waals surface area contributed by atoms with Gasteiger partial charge < -0.3 is 19.5 Å². The highest BCUT2D eigenvalue weighted by molar-refractivity contribution is 7.10. The van der Waals surface area contributed by atoms with Crippen LogP contribution in [0.1, 0.15) is 27.7 Å². The van der Waals surface area contributed by atoms with Gasteiger partial charge in [-0.3, -0.25) is 9.59 Å². The Balaban J connectivity index is 2.22. The van der Waals surface area contributed by atoms with Gasteiger partial charge >= 0.3 is 5.97 Å². The molecule has 1 atom stereocenters. The van der Waals surface area contributed by atoms with E-state index in [0.717, 1.165) is 4.88 Å². The van der Waals surface area contributed by atoms with Gasteiger partial charge in [0.25, 0.3) is 5.91 Å². The van der Waals surface area contributed by atoms with Crippen LogP contribution in [0.2, 0.25) is 0 Å². The van der Waals surface area contributed by atoms with Gasteiger partial charge in [-0.15, -0.1) is 11.3 Å². The lowest BCUT2D eigenvalue weighted by atomic mass is 10.1. The summed E-state index contributed by atoms with van der Waals surface area (Å²) in [5.41, 5.74) is 0.387. The first-order chi connectivity index (χ1) is 11.6. The Hall–Kier alpha value is -2.54. The van der Waals surface area contributed by atoms with Gasteiger partial charge in [-0.2, -0.15) is 0 Å². The maximum Gasteiger partial charge on any atom is 0.307 e. The van der Waals surface area contributed by atoms with E-state index in [0.29, 0.717) is 17.1 Å². The number of rotatable bonds is 7. The van der Waals surface area contributed by atoms with Crippen molar-refractivity contribution in [1.29, 1.82) is 0 Å². The first-order valence-electron chi connectivity index (χ1n) is 7.21. The van der Waals surface area contributed by atoms with E-state index in [1.807, 2.05) is 17.5 Å². The zero-order chi connectivity index (χ0) is 17.5. The molecule has 0 saturated heterocycles. The summed E-state index contributed by atoms with van der Waals surface area (Å²) < 4.78 is 15.1. The molecule has 0 aliphatic heterocycles. The summed E-state index contributed by atoms with van der Waals surface area (Å²) in [5.74, 6) is 0.312. The molecule has 0 unspecified atom stereocenters. The van der Waals surface area contributed by atoms with Crippen LogP contribution in [0.3, 0.4) is 0 Å². The summed E-state index contributed by atoms with van der Waals surface area (Å²) in [4.78, 5) is 25.1. The number of hydrogen-bond acceptors (Lipinski definition) is 6. The topological polar surface area (TPSA) is 73.9 Å². The van der Waals surface area contributed by atoms with Crippen LogP contribution in [-0.4, -0.2) is 33.2 Å². The van der Waals surface area contributed by atoms with E-state index in [-0.39, 0.29) is 12.3 Å². The van der Waals surface area contributed by atoms with Crippen molar-refractivity contribution in [3.63, 3.8) is 0 Å². The van der Waals surface area contributed by atoms with Crippen molar-refractivity contribution in [2.75, 3.05) is 21.3 Å². The summed E-state index contributed by atoms with van der Waals surface area (Å²) >= 11 is 1.46. The zero-order valence-corrected chi connectivity index (χ0v) is 14.5. The number of carbonyl (C=O) groups excluding carboxylic acids is 2. The third kappa shape index (κ3) is 4.48. The van der Waals surface area contributed by atoms with Crippen molar-refractivity contribution in [3.05, 3.63) is 46.2 Å². The highest BCUT2D eigenvalue weighted by atomic mass is 32.1. The Morgan fingerprint density at radius 3 is 2.29 bits per heavy atom. The summed E-state index contributed by atoms with van der Waals surface area (Å²) in [5, 5.41) is 4.75. The summed E-state index contributed by atoms with van der Waals surface area (Å²) in [7, 11) is 4.35. The van der Waals surface area contributed by atoms with E-state index < -0.39 is 12.0 Å². The fraction of sp³-hybridized carbons (Fsp3) is 0.294. The summed E-state index contributed by atoms with van der Waals surface area (Å²) in [6, 6.07) is 8.18. The Morgan fingerprint density at radius 2 is 1.79 bits per heavy atom. The minimum absolute atomic E-state index is 0.0594. The molecule has 0 aliphatic carbocycles. The molecule has 1 N–H and O–H groups in total. The molecule has 2 aromatic rings. The number of nitrogens with one attached hydrogen (secondary N) is 1. The largest absolute Gasteiger partial charge is 0.497 e. The molecule has 6 nitrogen and oxygen atoms in total. The Kier molecular flexibility index (Phi) is 6.20. The van der Waals surface area contributed by atoms with E-state index >= 15 is 0 Å². The predicted octanol–water partition coefficient (Wildman–Crippen LogP) is 2.80. The highest BCUT2D eigenvalue weighted by Crippen LogP contribution is 2.25. The van der Waals surface area contributed by atoms with Crippen LogP contribution >= 0.6 is 11.3 Å². The minimum atomic E-state index is -0.456. The predicted molar refractivity (Wildman–Crippen MR) is 90.7 cm³/mol. The molecule has 0 radical (unpaired) electrons. The number of thiophene rings is 1. The maximum atomic E-state index is 12.6. The molecule has 0 aliphatic rings. The second-order valence-corrected chi connectivity index (χ2v) is 5.90. The molecular formula is C17H19NO5S. The van der Waals surface area contributed by atoms with E-state index in [2.05, 4.69) is 5.32 Å². The standard InChI is InChI=1S/C17H19NO5S/c1-21-12-7-11(8-13(9-12)22-2)17(20)18-14(10-16(19)23-3)15-5-4-6-24-15/h4-9,14H,10H2,1-3H3,(H,18,20)/t14-/m1/s1. The molecule has 0 saturated carbocycles. The van der Waals surface area contributed by atoms with Gasteiger partial charge in [0.1, 0.15) is 11.5 Å². The number of esters is 1. The van der Waals surface area contributed by atoms with Crippen molar-refractivity contribution in [3.8, 4) is 11.5 Å². The number of benzene rings is 1. The minimum Gasteiger partial charge on any atom is -0.497 e. The van der Waals surface area contributed by atoms with Crippen LogP contribution in [0, 0.1) is 0 Å². The molecular weight excluding hydrogens is 330 g/mol. The van der Waals surface area contributed by atoms with Crippen molar-refractivity contribution < 1.29 is 23.8 Å². The van der Waals surface area contributed by atoms with Crippen molar-refractivity contribution in [2.24, 2.45) is 0 Å². The highest BCUT2D eigenvalue weighted by Gasteiger charge is 2.21.